The number of hydrogen-bond donors (Lipinski definition) is 1. The second-order valence-corrected chi connectivity index (χ2v) is 3.94. The molecule has 0 bridgehead atoms. The Kier molecular flexibility index (Phi) is 8.19. The van der Waals surface area contributed by atoms with Crippen LogP contribution in [0.4, 0.5) is 0 Å². The number of hydrogen-bond acceptors (Lipinski definition) is 2. The summed E-state index contributed by atoms with van der Waals surface area (Å²) in [6, 6.07) is 0. The topological polar surface area (TPSA) is 12.0 Å². The largest absolute Gasteiger partial charge is 0.316 e. The molecule has 0 aromatic rings. The van der Waals surface area contributed by atoms with Gasteiger partial charge in [-0.1, -0.05) is 13.0 Å². The standard InChI is InChI=1S/C9H19NS/c1-4-5-7-10-8-6-9(2)11-3/h4,9-10H,1,5-8H2,2-3H3. The Bertz CT molecular complexity index is 93.6. The predicted molar refractivity (Wildman–Crippen MR) is 55.3 cm³/mol. The lowest BCUT2D eigenvalue weighted by Crippen LogP contribution is -2.18. The maximum atomic E-state index is 3.67. The van der Waals surface area contributed by atoms with Crippen LogP contribution in [-0.2, 0) is 0 Å². The van der Waals surface area contributed by atoms with Gasteiger partial charge < -0.3 is 5.32 Å². The first-order chi connectivity index (χ1) is 5.31. The lowest BCUT2D eigenvalue weighted by Gasteiger charge is -2.07. The molecule has 66 valence electrons. The van der Waals surface area contributed by atoms with Gasteiger partial charge in [-0.3, -0.25) is 0 Å². The molecule has 0 aliphatic heterocycles. The maximum absolute atomic E-state index is 3.67. The SMILES string of the molecule is C=CCCNCCC(C)SC. The third-order valence-electron chi connectivity index (χ3n) is 1.66. The van der Waals surface area contributed by atoms with Crippen LogP contribution < -0.4 is 5.32 Å². The normalized spacial score (nSPS) is 12.9. The summed E-state index contributed by atoms with van der Waals surface area (Å²) in [5, 5.41) is 4.15. The molecule has 0 heterocycles. The molecule has 1 N–H and O–H groups in total. The van der Waals surface area contributed by atoms with Crippen molar-refractivity contribution in [1.29, 1.82) is 0 Å². The van der Waals surface area contributed by atoms with E-state index in [1.54, 1.807) is 0 Å². The summed E-state index contributed by atoms with van der Waals surface area (Å²) in [5.74, 6) is 0. The molecule has 2 heteroatoms. The average molecular weight is 173 g/mol. The molecule has 0 aliphatic rings. The zero-order valence-corrected chi connectivity index (χ0v) is 8.41. The van der Waals surface area contributed by atoms with E-state index in [-0.39, 0.29) is 0 Å². The molecule has 0 radical (unpaired) electrons. The van der Waals surface area contributed by atoms with Crippen LogP contribution in [0.15, 0.2) is 12.7 Å². The van der Waals surface area contributed by atoms with E-state index in [2.05, 4.69) is 25.1 Å². The first-order valence-electron chi connectivity index (χ1n) is 4.15. The van der Waals surface area contributed by atoms with Crippen LogP contribution in [0.2, 0.25) is 0 Å². The zero-order chi connectivity index (χ0) is 8.53. The third kappa shape index (κ3) is 7.95. The fourth-order valence-electron chi connectivity index (χ4n) is 0.752. The first kappa shape index (κ1) is 11.1. The molecule has 0 aromatic carbocycles. The highest BCUT2D eigenvalue weighted by Gasteiger charge is 1.96. The molecule has 0 spiro atoms. The average Bonchev–Trinajstić information content (AvgIpc) is 2.04. The van der Waals surface area contributed by atoms with Crippen molar-refractivity contribution in [3.05, 3.63) is 12.7 Å². The van der Waals surface area contributed by atoms with Crippen LogP contribution in [-0.4, -0.2) is 24.6 Å². The van der Waals surface area contributed by atoms with E-state index in [0.29, 0.717) is 0 Å². The van der Waals surface area contributed by atoms with E-state index in [4.69, 9.17) is 0 Å². The van der Waals surface area contributed by atoms with Crippen LogP contribution in [0.1, 0.15) is 19.8 Å². The zero-order valence-electron chi connectivity index (χ0n) is 7.60. The van der Waals surface area contributed by atoms with E-state index in [1.165, 1.54) is 6.42 Å². The van der Waals surface area contributed by atoms with Crippen LogP contribution in [0.3, 0.4) is 0 Å². The van der Waals surface area contributed by atoms with Crippen LogP contribution >= 0.6 is 11.8 Å². The van der Waals surface area contributed by atoms with E-state index < -0.39 is 0 Å². The van der Waals surface area contributed by atoms with Crippen molar-refractivity contribution < 1.29 is 0 Å². The quantitative estimate of drug-likeness (QED) is 0.468. The van der Waals surface area contributed by atoms with Gasteiger partial charge in [0.25, 0.3) is 0 Å². The molecule has 1 nitrogen and oxygen atoms in total. The second-order valence-electron chi connectivity index (χ2n) is 2.66. The van der Waals surface area contributed by atoms with Crippen LogP contribution in [0, 0.1) is 0 Å². The minimum atomic E-state index is 0.784. The lowest BCUT2D eigenvalue weighted by atomic mass is 10.3. The Labute approximate surface area is 74.6 Å². The van der Waals surface area contributed by atoms with Gasteiger partial charge in [-0.15, -0.1) is 6.58 Å². The van der Waals surface area contributed by atoms with Crippen LogP contribution in [0.25, 0.3) is 0 Å². The summed E-state index contributed by atoms with van der Waals surface area (Å²) in [6.45, 7) is 8.14. The van der Waals surface area contributed by atoms with Gasteiger partial charge >= 0.3 is 0 Å². The Morgan fingerprint density at radius 2 is 2.27 bits per heavy atom. The summed E-state index contributed by atoms with van der Waals surface area (Å²) >= 11 is 1.93. The van der Waals surface area contributed by atoms with Crippen molar-refractivity contribution in [3.63, 3.8) is 0 Å². The molecular formula is C9H19NS. The monoisotopic (exact) mass is 173 g/mol. The highest BCUT2D eigenvalue weighted by Crippen LogP contribution is 2.07. The fourth-order valence-corrected chi connectivity index (χ4v) is 1.11. The molecule has 0 amide bonds. The minimum Gasteiger partial charge on any atom is -0.316 e. The van der Waals surface area contributed by atoms with Gasteiger partial charge in [-0.05, 0) is 32.2 Å². The maximum Gasteiger partial charge on any atom is 0.00280 e. The highest BCUT2D eigenvalue weighted by atomic mass is 32.2. The summed E-state index contributed by atoms with van der Waals surface area (Å²) in [7, 11) is 0. The van der Waals surface area contributed by atoms with Gasteiger partial charge in [0.2, 0.25) is 0 Å². The Morgan fingerprint density at radius 1 is 1.55 bits per heavy atom. The van der Waals surface area contributed by atoms with Gasteiger partial charge in [0.1, 0.15) is 0 Å². The van der Waals surface area contributed by atoms with Gasteiger partial charge in [0, 0.05) is 5.25 Å². The summed E-state index contributed by atoms with van der Waals surface area (Å²) in [6.07, 6.45) is 6.45. The molecule has 0 rings (SSSR count). The minimum absolute atomic E-state index is 0.784. The Hall–Kier alpha value is 0.0500. The van der Waals surface area contributed by atoms with Crippen molar-refractivity contribution in [1.82, 2.24) is 5.32 Å². The first-order valence-corrected chi connectivity index (χ1v) is 5.44. The number of nitrogens with one attached hydrogen (secondary N) is 1. The summed E-state index contributed by atoms with van der Waals surface area (Å²) in [5.41, 5.74) is 0. The number of thioether (sulfide) groups is 1. The van der Waals surface area contributed by atoms with Crippen molar-refractivity contribution in [2.24, 2.45) is 0 Å². The Balaban J connectivity index is 2.95. The molecule has 0 aliphatic carbocycles. The highest BCUT2D eigenvalue weighted by molar-refractivity contribution is 7.99. The molecule has 1 atom stereocenters. The molecule has 0 saturated heterocycles. The van der Waals surface area contributed by atoms with Gasteiger partial charge in [-0.2, -0.15) is 11.8 Å². The molecule has 11 heavy (non-hydrogen) atoms. The van der Waals surface area contributed by atoms with E-state index in [9.17, 15) is 0 Å². The molecule has 0 saturated carbocycles. The van der Waals surface area contributed by atoms with Gasteiger partial charge in [0.05, 0.1) is 0 Å². The third-order valence-corrected chi connectivity index (χ3v) is 2.70. The van der Waals surface area contributed by atoms with E-state index in [1.807, 2.05) is 17.8 Å². The molecular weight excluding hydrogens is 154 g/mol. The fraction of sp³-hybridized carbons (Fsp3) is 0.778. The Morgan fingerprint density at radius 3 is 2.82 bits per heavy atom. The van der Waals surface area contributed by atoms with Crippen molar-refractivity contribution in [3.8, 4) is 0 Å². The van der Waals surface area contributed by atoms with E-state index in [0.717, 1.165) is 24.8 Å². The van der Waals surface area contributed by atoms with Gasteiger partial charge in [-0.25, -0.2) is 0 Å². The molecule has 0 aromatic heterocycles. The predicted octanol–water partition coefficient (Wildman–Crippen LogP) is 2.29. The van der Waals surface area contributed by atoms with Gasteiger partial charge in [0.15, 0.2) is 0 Å². The smallest absolute Gasteiger partial charge is 0.00280 e. The van der Waals surface area contributed by atoms with Crippen molar-refractivity contribution in [2.45, 2.75) is 25.0 Å². The van der Waals surface area contributed by atoms with Crippen LogP contribution in [0.5, 0.6) is 0 Å². The summed E-state index contributed by atoms with van der Waals surface area (Å²) in [4.78, 5) is 0. The summed E-state index contributed by atoms with van der Waals surface area (Å²) < 4.78 is 0. The second kappa shape index (κ2) is 8.15. The van der Waals surface area contributed by atoms with Crippen molar-refractivity contribution >= 4 is 11.8 Å². The molecule has 0 fully saturated rings. The molecule has 1 unspecified atom stereocenters. The number of rotatable bonds is 7. The lowest BCUT2D eigenvalue weighted by molar-refractivity contribution is 0.652. The van der Waals surface area contributed by atoms with E-state index >= 15 is 0 Å². The van der Waals surface area contributed by atoms with Crippen molar-refractivity contribution in [2.75, 3.05) is 19.3 Å².